The maximum atomic E-state index is 12.7. The zero-order valence-corrected chi connectivity index (χ0v) is 11.6. The molecule has 0 aliphatic carbocycles. The number of nitrogens with zero attached hydrogens (tertiary/aromatic N) is 1. The average molecular weight is 288 g/mol. The van der Waals surface area contributed by atoms with E-state index >= 15 is 0 Å². The third-order valence-electron chi connectivity index (χ3n) is 3.82. The maximum Gasteiger partial charge on any atom is 0.346 e. The number of fused-ring (bicyclic) bond motifs is 1. The van der Waals surface area contributed by atoms with Crippen molar-refractivity contribution in [3.8, 4) is 5.75 Å². The van der Waals surface area contributed by atoms with Crippen molar-refractivity contribution >= 4 is 17.6 Å². The number of hydrogen-bond acceptors (Lipinski definition) is 4. The van der Waals surface area contributed by atoms with Crippen molar-refractivity contribution in [2.45, 2.75) is 13.0 Å². The van der Waals surface area contributed by atoms with Crippen LogP contribution >= 0.6 is 0 Å². The topological polar surface area (TPSA) is 78.9 Å². The minimum absolute atomic E-state index is 0.0171. The van der Waals surface area contributed by atoms with Crippen molar-refractivity contribution in [2.24, 2.45) is 0 Å². The number of benzene rings is 1. The lowest BCUT2D eigenvalue weighted by atomic mass is 10.0. The van der Waals surface area contributed by atoms with E-state index in [0.29, 0.717) is 30.1 Å². The van der Waals surface area contributed by atoms with Crippen molar-refractivity contribution in [1.82, 2.24) is 5.32 Å². The first-order valence-electron chi connectivity index (χ1n) is 6.77. The van der Waals surface area contributed by atoms with Crippen molar-refractivity contribution < 1.29 is 19.4 Å². The van der Waals surface area contributed by atoms with Gasteiger partial charge < -0.3 is 20.1 Å². The monoisotopic (exact) mass is 288 g/mol. The minimum Gasteiger partial charge on any atom is -0.478 e. The predicted molar refractivity (Wildman–Crippen MR) is 76.4 cm³/mol. The lowest BCUT2D eigenvalue weighted by Gasteiger charge is -2.34. The summed E-state index contributed by atoms with van der Waals surface area (Å²) in [6, 6.07) is 7.00. The number of nitrogens with one attached hydrogen (secondary N) is 1. The van der Waals surface area contributed by atoms with Gasteiger partial charge in [-0.05, 0) is 24.6 Å². The zero-order valence-electron chi connectivity index (χ0n) is 11.6. The first-order valence-corrected chi connectivity index (χ1v) is 6.77. The number of carboxylic acids is 1. The van der Waals surface area contributed by atoms with E-state index in [1.54, 1.807) is 31.2 Å². The molecule has 2 N–H and O–H groups in total. The molecule has 1 aromatic carbocycles. The van der Waals surface area contributed by atoms with Gasteiger partial charge >= 0.3 is 5.97 Å². The van der Waals surface area contributed by atoms with Gasteiger partial charge in [-0.3, -0.25) is 4.79 Å². The van der Waals surface area contributed by atoms with Crippen LogP contribution in [0.2, 0.25) is 0 Å². The Bertz CT molecular complexity index is 632. The number of rotatable bonds is 2. The summed E-state index contributed by atoms with van der Waals surface area (Å²) >= 11 is 0. The van der Waals surface area contributed by atoms with E-state index in [9.17, 15) is 14.7 Å². The molecule has 0 saturated carbocycles. The molecule has 21 heavy (non-hydrogen) atoms. The first-order chi connectivity index (χ1) is 10.1. The van der Waals surface area contributed by atoms with Crippen LogP contribution < -0.4 is 15.0 Å². The lowest BCUT2D eigenvalue weighted by molar-refractivity contribution is -0.145. The highest BCUT2D eigenvalue weighted by Gasteiger charge is 2.34. The van der Waals surface area contributed by atoms with Gasteiger partial charge in [0.25, 0.3) is 5.91 Å². The summed E-state index contributed by atoms with van der Waals surface area (Å²) in [4.78, 5) is 25.4. The molecule has 1 saturated heterocycles. The molecule has 6 nitrogen and oxygen atoms in total. The summed E-state index contributed by atoms with van der Waals surface area (Å²) in [5.74, 6) is -0.805. The molecule has 110 valence electrons. The van der Waals surface area contributed by atoms with E-state index < -0.39 is 12.1 Å². The summed E-state index contributed by atoms with van der Waals surface area (Å²) in [5.41, 5.74) is 2.36. The Balaban J connectivity index is 1.96. The molecule has 2 heterocycles. The fraction of sp³-hybridized carbons (Fsp3) is 0.333. The Kier molecular flexibility index (Phi) is 3.39. The molecular weight excluding hydrogens is 272 g/mol. The molecule has 1 amide bonds. The molecule has 0 radical (unpaired) electrons. The van der Waals surface area contributed by atoms with Crippen LogP contribution in [0.1, 0.15) is 6.92 Å². The van der Waals surface area contributed by atoms with Crippen LogP contribution in [0.4, 0.5) is 5.69 Å². The van der Waals surface area contributed by atoms with E-state index in [0.717, 1.165) is 5.57 Å². The third kappa shape index (κ3) is 2.38. The van der Waals surface area contributed by atoms with Crippen molar-refractivity contribution in [1.29, 1.82) is 0 Å². The molecule has 0 spiro atoms. The number of hydrogen-bond donors (Lipinski definition) is 2. The second-order valence-electron chi connectivity index (χ2n) is 5.16. The summed E-state index contributed by atoms with van der Waals surface area (Å²) in [5, 5.41) is 12.3. The Labute approximate surface area is 122 Å². The fourth-order valence-electron chi connectivity index (χ4n) is 2.42. The highest BCUT2D eigenvalue weighted by molar-refractivity contribution is 6.07. The molecule has 3 rings (SSSR count). The summed E-state index contributed by atoms with van der Waals surface area (Å²) in [6.45, 7) is 3.23. The van der Waals surface area contributed by atoms with Crippen LogP contribution in [-0.2, 0) is 9.59 Å². The molecule has 2 aliphatic rings. The summed E-state index contributed by atoms with van der Waals surface area (Å²) in [7, 11) is 0. The van der Waals surface area contributed by atoms with Crippen LogP contribution in [0.3, 0.4) is 0 Å². The van der Waals surface area contributed by atoms with Crippen LogP contribution in [0.25, 0.3) is 0 Å². The Morgan fingerprint density at radius 3 is 2.67 bits per heavy atom. The van der Waals surface area contributed by atoms with Gasteiger partial charge in [0.1, 0.15) is 5.75 Å². The minimum atomic E-state index is -1.07. The van der Waals surface area contributed by atoms with Crippen LogP contribution in [0.15, 0.2) is 35.4 Å². The van der Waals surface area contributed by atoms with Gasteiger partial charge in [-0.1, -0.05) is 12.1 Å². The zero-order chi connectivity index (χ0) is 15.0. The smallest absolute Gasteiger partial charge is 0.346 e. The van der Waals surface area contributed by atoms with Gasteiger partial charge in [0.2, 0.25) is 6.10 Å². The highest BCUT2D eigenvalue weighted by atomic mass is 16.5. The standard InChI is InChI=1S/C15H16N2O4/c1-9(10-6-16-7-10)14(18)17-8-13(15(19)20)21-12-5-3-2-4-11(12)17/h2-5,13,16H,6-8H2,1H3,(H,19,20). The van der Waals surface area contributed by atoms with Gasteiger partial charge in [-0.15, -0.1) is 0 Å². The van der Waals surface area contributed by atoms with E-state index in [4.69, 9.17) is 4.74 Å². The molecular formula is C15H16N2O4. The Morgan fingerprint density at radius 1 is 1.33 bits per heavy atom. The number of para-hydroxylation sites is 2. The number of anilines is 1. The van der Waals surface area contributed by atoms with E-state index in [1.807, 2.05) is 0 Å². The van der Waals surface area contributed by atoms with Gasteiger partial charge in [0.15, 0.2) is 0 Å². The molecule has 1 aromatic rings. The SMILES string of the molecule is CC(C(=O)N1CC(C(=O)O)Oc2ccccc21)=C1CNC1. The Morgan fingerprint density at radius 2 is 2.05 bits per heavy atom. The van der Waals surface area contributed by atoms with Gasteiger partial charge in [-0.2, -0.15) is 0 Å². The molecule has 6 heteroatoms. The first kappa shape index (κ1) is 13.6. The fourth-order valence-corrected chi connectivity index (χ4v) is 2.42. The molecule has 0 aromatic heterocycles. The molecule has 1 unspecified atom stereocenters. The molecule has 1 fully saturated rings. The molecule has 1 atom stereocenters. The summed E-state index contributed by atoms with van der Waals surface area (Å²) < 4.78 is 5.43. The summed E-state index contributed by atoms with van der Waals surface area (Å²) in [6.07, 6.45) is -1.04. The largest absolute Gasteiger partial charge is 0.478 e. The van der Waals surface area contributed by atoms with E-state index in [2.05, 4.69) is 5.32 Å². The quantitative estimate of drug-likeness (QED) is 0.786. The van der Waals surface area contributed by atoms with Gasteiger partial charge in [0.05, 0.1) is 12.2 Å². The highest BCUT2D eigenvalue weighted by Crippen LogP contribution is 2.34. The normalized spacial score (nSPS) is 20.1. The van der Waals surface area contributed by atoms with Crippen LogP contribution in [0.5, 0.6) is 5.75 Å². The number of aliphatic carboxylic acids is 1. The van der Waals surface area contributed by atoms with Gasteiger partial charge in [0, 0.05) is 18.7 Å². The van der Waals surface area contributed by atoms with Crippen molar-refractivity contribution in [2.75, 3.05) is 24.5 Å². The Hall–Kier alpha value is -2.34. The predicted octanol–water partition coefficient (Wildman–Crippen LogP) is 0.785. The van der Waals surface area contributed by atoms with E-state index in [1.165, 1.54) is 4.90 Å². The average Bonchev–Trinajstić information content (AvgIpc) is 2.43. The van der Waals surface area contributed by atoms with Crippen LogP contribution in [0, 0.1) is 0 Å². The number of carboxylic acid groups (broad SMARTS) is 1. The van der Waals surface area contributed by atoms with Crippen molar-refractivity contribution in [3.05, 3.63) is 35.4 Å². The second kappa shape index (κ2) is 5.21. The number of carbonyl (C=O) groups is 2. The van der Waals surface area contributed by atoms with Gasteiger partial charge in [-0.25, -0.2) is 4.79 Å². The van der Waals surface area contributed by atoms with Crippen molar-refractivity contribution in [3.63, 3.8) is 0 Å². The molecule has 0 bridgehead atoms. The third-order valence-corrected chi connectivity index (χ3v) is 3.82. The second-order valence-corrected chi connectivity index (χ2v) is 5.16. The number of ether oxygens (including phenoxy) is 1. The maximum absolute atomic E-state index is 12.7. The van der Waals surface area contributed by atoms with E-state index in [-0.39, 0.29) is 12.5 Å². The number of carbonyl (C=O) groups excluding carboxylic acids is 1. The van der Waals surface area contributed by atoms with Crippen LogP contribution in [-0.4, -0.2) is 42.7 Å². The number of amides is 1. The molecule has 2 aliphatic heterocycles. The lowest BCUT2D eigenvalue weighted by Crippen LogP contribution is -2.48.